The van der Waals surface area contributed by atoms with E-state index in [0.717, 1.165) is 18.5 Å². The molecule has 4 rings (SSSR count). The SMILES string of the molecule is C[C@H]1C2=C(I)C3=CC(=O)O[C@]32[C@H]2CCCCN12. The molecule has 2 saturated heterocycles. The fraction of sp³-hybridized carbons (Fsp3) is 0.615. The molecule has 4 heteroatoms. The first kappa shape index (κ1) is 10.6. The lowest BCUT2D eigenvalue weighted by atomic mass is 9.71. The summed E-state index contributed by atoms with van der Waals surface area (Å²) >= 11 is 2.37. The number of nitrogens with zero attached hydrogens (tertiary/aromatic N) is 1. The summed E-state index contributed by atoms with van der Waals surface area (Å²) in [4.78, 5) is 14.2. The average molecular weight is 343 g/mol. The van der Waals surface area contributed by atoms with Gasteiger partial charge in [-0.05, 0) is 48.9 Å². The molecule has 1 spiro atoms. The summed E-state index contributed by atoms with van der Waals surface area (Å²) in [5.41, 5.74) is 2.18. The number of hydrogen-bond donors (Lipinski definition) is 0. The molecule has 2 fully saturated rings. The minimum Gasteiger partial charge on any atom is -0.445 e. The van der Waals surface area contributed by atoms with Crippen LogP contribution in [0.3, 0.4) is 0 Å². The van der Waals surface area contributed by atoms with Crippen LogP contribution in [0.5, 0.6) is 0 Å². The first-order valence-corrected chi connectivity index (χ1v) is 7.35. The number of fused-ring (bicyclic) bond motifs is 1. The number of halogens is 1. The van der Waals surface area contributed by atoms with Gasteiger partial charge in [0, 0.05) is 26.8 Å². The average Bonchev–Trinajstić information content (AvgIpc) is 2.74. The molecule has 0 amide bonds. The molecule has 3 heterocycles. The highest BCUT2D eigenvalue weighted by Gasteiger charge is 2.68. The molecule has 1 aliphatic carbocycles. The van der Waals surface area contributed by atoms with Crippen molar-refractivity contribution >= 4 is 28.6 Å². The number of carbonyl (C=O) groups excluding carboxylic acids is 1. The van der Waals surface area contributed by atoms with Gasteiger partial charge in [0.1, 0.15) is 0 Å². The summed E-state index contributed by atoms with van der Waals surface area (Å²) in [6.07, 6.45) is 5.39. The van der Waals surface area contributed by atoms with E-state index < -0.39 is 0 Å². The molecule has 0 unspecified atom stereocenters. The van der Waals surface area contributed by atoms with E-state index in [0.29, 0.717) is 12.1 Å². The Balaban J connectivity index is 1.89. The highest BCUT2D eigenvalue weighted by Crippen LogP contribution is 2.62. The highest BCUT2D eigenvalue weighted by molar-refractivity contribution is 14.1. The predicted octanol–water partition coefficient (Wildman–Crippen LogP) is 2.17. The summed E-state index contributed by atoms with van der Waals surface area (Å²) in [5, 5.41) is 0. The van der Waals surface area contributed by atoms with Crippen LogP contribution in [-0.4, -0.2) is 35.1 Å². The standard InChI is InChI=1S/C13H14INO2/c1-7-11-12(14)8-6-10(16)17-13(8,11)9-4-2-3-5-15(7)9/h6-7,9H,2-5H2,1H3/t7-,9+,13-/m0/s1. The van der Waals surface area contributed by atoms with E-state index in [-0.39, 0.29) is 11.6 Å². The van der Waals surface area contributed by atoms with E-state index in [4.69, 9.17) is 4.74 Å². The maximum absolute atomic E-state index is 11.6. The smallest absolute Gasteiger partial charge is 0.332 e. The zero-order valence-corrected chi connectivity index (χ0v) is 11.9. The van der Waals surface area contributed by atoms with Crippen LogP contribution in [0.25, 0.3) is 0 Å². The largest absolute Gasteiger partial charge is 0.445 e. The van der Waals surface area contributed by atoms with Gasteiger partial charge in [-0.25, -0.2) is 4.79 Å². The van der Waals surface area contributed by atoms with Gasteiger partial charge in [0.2, 0.25) is 0 Å². The van der Waals surface area contributed by atoms with Crippen LogP contribution in [0.15, 0.2) is 20.8 Å². The summed E-state index contributed by atoms with van der Waals surface area (Å²) in [6.45, 7) is 3.40. The quantitative estimate of drug-likeness (QED) is 0.499. The molecule has 0 saturated carbocycles. The Morgan fingerprint density at radius 3 is 3.18 bits per heavy atom. The second kappa shape index (κ2) is 3.15. The zero-order chi connectivity index (χ0) is 11.8. The first-order valence-electron chi connectivity index (χ1n) is 6.27. The number of hydrogen-bond acceptors (Lipinski definition) is 3. The van der Waals surface area contributed by atoms with Crippen LogP contribution >= 0.6 is 22.6 Å². The molecule has 0 radical (unpaired) electrons. The first-order chi connectivity index (χ1) is 8.16. The minimum atomic E-state index is -0.340. The summed E-state index contributed by atoms with van der Waals surface area (Å²) in [6, 6.07) is 0.840. The lowest BCUT2D eigenvalue weighted by molar-refractivity contribution is -0.146. The number of esters is 1. The third-order valence-electron chi connectivity index (χ3n) is 4.73. The van der Waals surface area contributed by atoms with Crippen molar-refractivity contribution in [1.29, 1.82) is 0 Å². The van der Waals surface area contributed by atoms with Crippen molar-refractivity contribution in [3.63, 3.8) is 0 Å². The number of piperidine rings is 1. The molecule has 3 aliphatic heterocycles. The normalized spacial score (nSPS) is 43.6. The zero-order valence-electron chi connectivity index (χ0n) is 9.70. The van der Waals surface area contributed by atoms with Crippen LogP contribution in [0.2, 0.25) is 0 Å². The fourth-order valence-electron chi connectivity index (χ4n) is 4.08. The van der Waals surface area contributed by atoms with Crippen molar-refractivity contribution in [2.75, 3.05) is 6.54 Å². The Kier molecular flexibility index (Phi) is 1.95. The van der Waals surface area contributed by atoms with Gasteiger partial charge in [-0.1, -0.05) is 6.42 Å². The molecule has 0 aromatic rings. The second-order valence-corrected chi connectivity index (χ2v) is 6.45. The number of rotatable bonds is 0. The van der Waals surface area contributed by atoms with Gasteiger partial charge < -0.3 is 4.74 Å². The summed E-state index contributed by atoms with van der Waals surface area (Å²) in [5.74, 6) is -0.149. The van der Waals surface area contributed by atoms with E-state index in [1.165, 1.54) is 22.0 Å². The van der Waals surface area contributed by atoms with E-state index in [1.54, 1.807) is 6.08 Å². The highest BCUT2D eigenvalue weighted by atomic mass is 127. The van der Waals surface area contributed by atoms with Crippen molar-refractivity contribution < 1.29 is 9.53 Å². The van der Waals surface area contributed by atoms with Crippen molar-refractivity contribution in [2.24, 2.45) is 0 Å². The van der Waals surface area contributed by atoms with Crippen LogP contribution < -0.4 is 0 Å². The van der Waals surface area contributed by atoms with Crippen molar-refractivity contribution in [1.82, 2.24) is 4.90 Å². The Labute approximate surface area is 114 Å². The van der Waals surface area contributed by atoms with Gasteiger partial charge in [0.05, 0.1) is 6.04 Å². The number of carbonyl (C=O) groups is 1. The summed E-state index contributed by atoms with van der Waals surface area (Å²) in [7, 11) is 0. The van der Waals surface area contributed by atoms with Gasteiger partial charge in [0.15, 0.2) is 5.60 Å². The van der Waals surface area contributed by atoms with E-state index in [2.05, 4.69) is 34.4 Å². The van der Waals surface area contributed by atoms with Crippen molar-refractivity contribution in [2.45, 2.75) is 43.9 Å². The number of ether oxygens (including phenoxy) is 1. The maximum atomic E-state index is 11.6. The molecule has 0 bridgehead atoms. The topological polar surface area (TPSA) is 29.5 Å². The van der Waals surface area contributed by atoms with Gasteiger partial charge in [-0.15, -0.1) is 0 Å². The monoisotopic (exact) mass is 343 g/mol. The molecule has 3 nitrogen and oxygen atoms in total. The molecule has 17 heavy (non-hydrogen) atoms. The molecule has 0 N–H and O–H groups in total. The van der Waals surface area contributed by atoms with Crippen LogP contribution in [0.1, 0.15) is 26.2 Å². The van der Waals surface area contributed by atoms with Crippen LogP contribution in [0.4, 0.5) is 0 Å². The van der Waals surface area contributed by atoms with Crippen LogP contribution in [-0.2, 0) is 9.53 Å². The molecular formula is C13H14INO2. The molecular weight excluding hydrogens is 329 g/mol. The van der Waals surface area contributed by atoms with Gasteiger partial charge in [-0.2, -0.15) is 0 Å². The molecule has 3 atom stereocenters. The fourth-order valence-corrected chi connectivity index (χ4v) is 5.49. The van der Waals surface area contributed by atoms with Crippen molar-refractivity contribution in [3.05, 3.63) is 20.8 Å². The van der Waals surface area contributed by atoms with Crippen molar-refractivity contribution in [3.8, 4) is 0 Å². The van der Waals surface area contributed by atoms with Gasteiger partial charge in [0.25, 0.3) is 0 Å². The predicted molar refractivity (Wildman–Crippen MR) is 71.8 cm³/mol. The molecule has 0 aromatic heterocycles. The van der Waals surface area contributed by atoms with E-state index in [9.17, 15) is 4.79 Å². The lowest BCUT2D eigenvalue weighted by Crippen LogP contribution is -2.52. The Hall–Kier alpha value is -0.360. The third-order valence-corrected chi connectivity index (χ3v) is 5.89. The van der Waals surface area contributed by atoms with E-state index in [1.807, 2.05) is 0 Å². The Bertz CT molecular complexity index is 496. The van der Waals surface area contributed by atoms with Gasteiger partial charge >= 0.3 is 5.97 Å². The lowest BCUT2D eigenvalue weighted by Gasteiger charge is -2.43. The van der Waals surface area contributed by atoms with Gasteiger partial charge in [-0.3, -0.25) is 4.90 Å². The van der Waals surface area contributed by atoms with Crippen LogP contribution in [0, 0.1) is 0 Å². The second-order valence-electron chi connectivity index (χ2n) is 5.37. The third kappa shape index (κ3) is 1.01. The molecule has 90 valence electrons. The molecule has 0 aromatic carbocycles. The minimum absolute atomic E-state index is 0.149. The van der Waals surface area contributed by atoms with E-state index >= 15 is 0 Å². The summed E-state index contributed by atoms with van der Waals surface area (Å²) < 4.78 is 7.02. The Morgan fingerprint density at radius 1 is 1.53 bits per heavy atom. The molecule has 4 aliphatic rings. The Morgan fingerprint density at radius 2 is 2.35 bits per heavy atom. The maximum Gasteiger partial charge on any atom is 0.332 e.